The third-order valence-electron chi connectivity index (χ3n) is 4.33. The zero-order chi connectivity index (χ0) is 17.1. The molecule has 1 atom stereocenters. The molecule has 1 aromatic carbocycles. The average molecular weight is 323 g/mol. The van der Waals surface area contributed by atoms with Gasteiger partial charge in [0.05, 0.1) is 12.3 Å². The Morgan fingerprint density at radius 2 is 2.17 bits per heavy atom. The van der Waals surface area contributed by atoms with Crippen molar-refractivity contribution in [3.63, 3.8) is 0 Å². The molecule has 2 aromatic rings. The number of hydrogen-bond acceptors (Lipinski definition) is 5. The first-order valence-corrected chi connectivity index (χ1v) is 8.07. The van der Waals surface area contributed by atoms with Gasteiger partial charge < -0.3 is 15.3 Å². The SMILES string of the molecule is [C-]#[N+]c1ccc(-c2nnc(N[C@@H]3CCCN(C)C3)cc2C)c(O)c1. The Morgan fingerprint density at radius 1 is 1.33 bits per heavy atom. The van der Waals surface area contributed by atoms with Crippen LogP contribution in [0.4, 0.5) is 11.5 Å². The fraction of sp³-hybridized carbons (Fsp3) is 0.389. The minimum Gasteiger partial charge on any atom is -0.509 e. The molecule has 1 fully saturated rings. The first-order valence-electron chi connectivity index (χ1n) is 8.07. The van der Waals surface area contributed by atoms with Gasteiger partial charge in [0.2, 0.25) is 0 Å². The van der Waals surface area contributed by atoms with E-state index in [1.807, 2.05) is 13.0 Å². The Morgan fingerprint density at radius 3 is 2.83 bits per heavy atom. The van der Waals surface area contributed by atoms with Gasteiger partial charge >= 0.3 is 0 Å². The molecule has 0 saturated carbocycles. The lowest BCUT2D eigenvalue weighted by molar-refractivity contribution is 0.260. The van der Waals surface area contributed by atoms with Crippen LogP contribution in [0, 0.1) is 13.5 Å². The zero-order valence-electron chi connectivity index (χ0n) is 14.0. The standard InChI is InChI=1S/C18H21N5O/c1-12-9-17(20-14-5-4-8-23(3)11-14)21-22-18(12)15-7-6-13(19-2)10-16(15)24/h6-7,9-10,14,24H,4-5,8,11H2,1,3H3,(H,20,21)/t14-/m1/s1. The number of aryl methyl sites for hydroxylation is 1. The molecular formula is C18H21N5O. The molecule has 3 rings (SSSR count). The lowest BCUT2D eigenvalue weighted by atomic mass is 10.0. The van der Waals surface area contributed by atoms with Crippen LogP contribution in [0.15, 0.2) is 24.3 Å². The van der Waals surface area contributed by atoms with Gasteiger partial charge in [0.15, 0.2) is 5.69 Å². The maximum Gasteiger partial charge on any atom is 0.190 e. The molecule has 0 bridgehead atoms. The van der Waals surface area contributed by atoms with Crippen molar-refractivity contribution in [3.8, 4) is 17.0 Å². The highest BCUT2D eigenvalue weighted by atomic mass is 16.3. The lowest BCUT2D eigenvalue weighted by Crippen LogP contribution is -2.39. The molecule has 6 nitrogen and oxygen atoms in total. The second-order valence-corrected chi connectivity index (χ2v) is 6.32. The maximum atomic E-state index is 10.1. The van der Waals surface area contributed by atoms with Crippen molar-refractivity contribution in [3.05, 3.63) is 41.2 Å². The van der Waals surface area contributed by atoms with Crippen molar-refractivity contribution in [2.45, 2.75) is 25.8 Å². The number of phenols is 1. The van der Waals surface area contributed by atoms with E-state index in [9.17, 15) is 5.11 Å². The number of likely N-dealkylation sites (N-methyl/N-ethyl adjacent to an activating group) is 1. The van der Waals surface area contributed by atoms with E-state index in [-0.39, 0.29) is 5.75 Å². The fourth-order valence-electron chi connectivity index (χ4n) is 3.11. The maximum absolute atomic E-state index is 10.1. The van der Waals surface area contributed by atoms with Crippen LogP contribution in [-0.2, 0) is 0 Å². The predicted molar refractivity (Wildman–Crippen MR) is 94.3 cm³/mol. The largest absolute Gasteiger partial charge is 0.509 e. The van der Waals surface area contributed by atoms with Crippen LogP contribution in [0.3, 0.4) is 0 Å². The van der Waals surface area contributed by atoms with Gasteiger partial charge in [-0.05, 0) is 51.1 Å². The second-order valence-electron chi connectivity index (χ2n) is 6.32. The average Bonchev–Trinajstić information content (AvgIpc) is 2.55. The highest BCUT2D eigenvalue weighted by Gasteiger charge is 2.18. The first-order chi connectivity index (χ1) is 11.6. The molecule has 1 aliphatic rings. The summed E-state index contributed by atoms with van der Waals surface area (Å²) in [5.74, 6) is 0.810. The van der Waals surface area contributed by atoms with Crippen molar-refractivity contribution in [2.24, 2.45) is 0 Å². The van der Waals surface area contributed by atoms with Crippen LogP contribution in [0.2, 0.25) is 0 Å². The summed E-state index contributed by atoms with van der Waals surface area (Å²) in [6, 6.07) is 7.18. The molecule has 24 heavy (non-hydrogen) atoms. The van der Waals surface area contributed by atoms with Gasteiger partial charge in [-0.1, -0.05) is 12.1 Å². The Kier molecular flexibility index (Phi) is 4.63. The molecule has 2 N–H and O–H groups in total. The minimum absolute atomic E-state index is 0.0514. The summed E-state index contributed by atoms with van der Waals surface area (Å²) in [7, 11) is 2.13. The Labute approximate surface area is 142 Å². The fourth-order valence-corrected chi connectivity index (χ4v) is 3.11. The molecular weight excluding hydrogens is 302 g/mol. The summed E-state index contributed by atoms with van der Waals surface area (Å²) >= 11 is 0. The number of rotatable bonds is 3. The van der Waals surface area contributed by atoms with Crippen LogP contribution in [0.1, 0.15) is 18.4 Å². The number of benzene rings is 1. The lowest BCUT2D eigenvalue weighted by Gasteiger charge is -2.30. The van der Waals surface area contributed by atoms with E-state index in [4.69, 9.17) is 6.57 Å². The minimum atomic E-state index is 0.0514. The van der Waals surface area contributed by atoms with Crippen molar-refractivity contribution in [1.29, 1.82) is 0 Å². The van der Waals surface area contributed by atoms with E-state index in [1.165, 1.54) is 12.5 Å². The van der Waals surface area contributed by atoms with Crippen LogP contribution >= 0.6 is 0 Å². The molecule has 124 valence electrons. The monoisotopic (exact) mass is 323 g/mol. The first kappa shape index (κ1) is 16.2. The number of phenolic OH excluding ortho intramolecular Hbond substituents is 1. The smallest absolute Gasteiger partial charge is 0.190 e. The van der Waals surface area contributed by atoms with Crippen LogP contribution in [0.25, 0.3) is 16.1 Å². The summed E-state index contributed by atoms with van der Waals surface area (Å²) in [5, 5.41) is 22.1. The molecule has 2 heterocycles. The van der Waals surface area contributed by atoms with Gasteiger partial charge in [-0.15, -0.1) is 10.2 Å². The Bertz CT molecular complexity index is 783. The van der Waals surface area contributed by atoms with Gasteiger partial charge in [0.1, 0.15) is 11.6 Å². The van der Waals surface area contributed by atoms with E-state index in [0.717, 1.165) is 30.9 Å². The molecule has 0 radical (unpaired) electrons. The Hall–Kier alpha value is -2.65. The van der Waals surface area contributed by atoms with Gasteiger partial charge in [0, 0.05) is 18.2 Å². The summed E-state index contributed by atoms with van der Waals surface area (Å²) in [6.07, 6.45) is 2.31. The summed E-state index contributed by atoms with van der Waals surface area (Å²) in [6.45, 7) is 11.1. The van der Waals surface area contributed by atoms with Crippen molar-refractivity contribution >= 4 is 11.5 Å². The molecule has 0 aliphatic carbocycles. The molecule has 0 unspecified atom stereocenters. The third-order valence-corrected chi connectivity index (χ3v) is 4.33. The Balaban J connectivity index is 1.81. The van der Waals surface area contributed by atoms with Gasteiger partial charge in [0.25, 0.3) is 0 Å². The number of anilines is 1. The quantitative estimate of drug-likeness (QED) is 0.849. The molecule has 1 aliphatic heterocycles. The zero-order valence-corrected chi connectivity index (χ0v) is 14.0. The van der Waals surface area contributed by atoms with Crippen LogP contribution in [-0.4, -0.2) is 46.4 Å². The van der Waals surface area contributed by atoms with Crippen molar-refractivity contribution < 1.29 is 5.11 Å². The number of nitrogens with one attached hydrogen (secondary N) is 1. The second kappa shape index (κ2) is 6.85. The molecule has 6 heteroatoms. The van der Waals surface area contributed by atoms with E-state index >= 15 is 0 Å². The number of aromatic hydroxyl groups is 1. The van der Waals surface area contributed by atoms with E-state index in [0.29, 0.717) is 23.0 Å². The number of piperidine rings is 1. The number of hydrogen-bond donors (Lipinski definition) is 2. The topological polar surface area (TPSA) is 65.6 Å². The summed E-state index contributed by atoms with van der Waals surface area (Å²) in [5.41, 5.74) is 2.57. The van der Waals surface area contributed by atoms with Gasteiger partial charge in [-0.25, -0.2) is 4.85 Å². The molecule has 1 aromatic heterocycles. The molecule has 0 amide bonds. The molecule has 0 spiro atoms. The number of nitrogens with zero attached hydrogens (tertiary/aromatic N) is 4. The summed E-state index contributed by atoms with van der Waals surface area (Å²) < 4.78 is 0. The van der Waals surface area contributed by atoms with E-state index < -0.39 is 0 Å². The van der Waals surface area contributed by atoms with Gasteiger partial charge in [-0.3, -0.25) is 0 Å². The third kappa shape index (κ3) is 3.47. The highest BCUT2D eigenvalue weighted by Crippen LogP contribution is 2.33. The predicted octanol–water partition coefficient (Wildman–Crippen LogP) is 3.21. The van der Waals surface area contributed by atoms with Gasteiger partial charge in [-0.2, -0.15) is 0 Å². The number of likely N-dealkylation sites (tertiary alicyclic amines) is 1. The van der Waals surface area contributed by atoms with Crippen LogP contribution < -0.4 is 5.32 Å². The van der Waals surface area contributed by atoms with Crippen LogP contribution in [0.5, 0.6) is 5.75 Å². The van der Waals surface area contributed by atoms with Crippen molar-refractivity contribution in [2.75, 3.05) is 25.5 Å². The normalized spacial score (nSPS) is 18.1. The van der Waals surface area contributed by atoms with Crippen molar-refractivity contribution in [1.82, 2.24) is 15.1 Å². The molecule has 1 saturated heterocycles. The highest BCUT2D eigenvalue weighted by molar-refractivity contribution is 5.73. The summed E-state index contributed by atoms with van der Waals surface area (Å²) in [4.78, 5) is 5.63. The number of aromatic nitrogens is 2. The van der Waals surface area contributed by atoms with E-state index in [1.54, 1.807) is 12.1 Å². The van der Waals surface area contributed by atoms with E-state index in [2.05, 4.69) is 32.3 Å².